The van der Waals surface area contributed by atoms with Gasteiger partial charge in [-0.05, 0) is 29.2 Å². The number of amides is 3. The number of carbonyl (C=O) groups is 2. The van der Waals surface area contributed by atoms with E-state index in [9.17, 15) is 9.59 Å². The number of hydrogen-bond acceptors (Lipinski definition) is 3. The van der Waals surface area contributed by atoms with Gasteiger partial charge in [0.2, 0.25) is 5.91 Å². The Hall–Kier alpha value is -2.63. The molecule has 1 heterocycles. The zero-order valence-electron chi connectivity index (χ0n) is 11.7. The number of nitrogens with two attached hydrogens (primary N) is 1. The summed E-state index contributed by atoms with van der Waals surface area (Å²) < 4.78 is 0. The Balaban J connectivity index is 1.97. The van der Waals surface area contributed by atoms with Crippen molar-refractivity contribution >= 4 is 29.4 Å². The van der Waals surface area contributed by atoms with Crippen LogP contribution in [0.3, 0.4) is 0 Å². The summed E-state index contributed by atoms with van der Waals surface area (Å²) >= 11 is 0. The van der Waals surface area contributed by atoms with Gasteiger partial charge in [0, 0.05) is 25.1 Å². The fourth-order valence-electron chi connectivity index (χ4n) is 3.04. The van der Waals surface area contributed by atoms with Crippen LogP contribution in [-0.4, -0.2) is 24.7 Å². The molecule has 3 N–H and O–H groups in total. The molecular formula is C15H16N4O2. The van der Waals surface area contributed by atoms with Gasteiger partial charge >= 0.3 is 6.03 Å². The number of allylic oxidation sites excluding steroid dienone is 2. The number of hydrogen-bond donors (Lipinski definition) is 2. The van der Waals surface area contributed by atoms with E-state index < -0.39 is 6.03 Å². The van der Waals surface area contributed by atoms with Crippen molar-refractivity contribution in [3.05, 3.63) is 35.4 Å². The fourth-order valence-corrected chi connectivity index (χ4v) is 3.04. The van der Waals surface area contributed by atoms with Crippen LogP contribution in [0, 0.1) is 0 Å². The van der Waals surface area contributed by atoms with E-state index in [0.29, 0.717) is 5.92 Å². The van der Waals surface area contributed by atoms with Gasteiger partial charge in [0.25, 0.3) is 0 Å². The summed E-state index contributed by atoms with van der Waals surface area (Å²) in [4.78, 5) is 24.2. The highest BCUT2D eigenvalue weighted by molar-refractivity contribution is 6.12. The van der Waals surface area contributed by atoms with Gasteiger partial charge in [-0.25, -0.2) is 10.2 Å². The van der Waals surface area contributed by atoms with Crippen molar-refractivity contribution < 1.29 is 9.59 Å². The van der Waals surface area contributed by atoms with Gasteiger partial charge in [0.15, 0.2) is 0 Å². The Morgan fingerprint density at radius 3 is 3.00 bits per heavy atom. The predicted molar refractivity (Wildman–Crippen MR) is 81.0 cm³/mol. The van der Waals surface area contributed by atoms with E-state index >= 15 is 0 Å². The van der Waals surface area contributed by atoms with Crippen LogP contribution < -0.4 is 16.1 Å². The summed E-state index contributed by atoms with van der Waals surface area (Å²) in [7, 11) is 0. The van der Waals surface area contributed by atoms with Gasteiger partial charge < -0.3 is 10.6 Å². The maximum Gasteiger partial charge on any atom is 0.332 e. The molecule has 3 amide bonds. The number of nitrogens with zero attached hydrogens (tertiary/aromatic N) is 2. The van der Waals surface area contributed by atoms with Crippen molar-refractivity contribution in [2.24, 2.45) is 10.8 Å². The molecule has 0 aromatic heterocycles. The second kappa shape index (κ2) is 5.05. The van der Waals surface area contributed by atoms with Crippen LogP contribution in [0.2, 0.25) is 0 Å². The summed E-state index contributed by atoms with van der Waals surface area (Å²) in [5.74, 6) is 0.393. The molecule has 0 bridgehead atoms. The van der Waals surface area contributed by atoms with Crippen molar-refractivity contribution in [1.29, 1.82) is 0 Å². The number of anilines is 1. The zero-order chi connectivity index (χ0) is 15.0. The highest BCUT2D eigenvalue weighted by Crippen LogP contribution is 2.45. The molecule has 6 nitrogen and oxygen atoms in total. The SMILES string of the molecule is CC(=O)N1CC2CC=C(C=NNC(N)=O)c3cccc1c32. The van der Waals surface area contributed by atoms with Crippen molar-refractivity contribution in [1.82, 2.24) is 5.43 Å². The maximum atomic E-state index is 11.8. The maximum absolute atomic E-state index is 11.8. The van der Waals surface area contributed by atoms with Crippen LogP contribution in [0.1, 0.15) is 30.4 Å². The highest BCUT2D eigenvalue weighted by Gasteiger charge is 2.34. The van der Waals surface area contributed by atoms with Gasteiger partial charge in [-0.3, -0.25) is 4.79 Å². The number of benzene rings is 1. The predicted octanol–water partition coefficient (Wildman–Crippen LogP) is 1.58. The third kappa shape index (κ3) is 2.29. The van der Waals surface area contributed by atoms with Crippen molar-refractivity contribution in [3.63, 3.8) is 0 Å². The number of rotatable bonds is 2. The normalized spacial score (nSPS) is 19.4. The van der Waals surface area contributed by atoms with E-state index in [0.717, 1.165) is 29.8 Å². The first kappa shape index (κ1) is 13.4. The monoisotopic (exact) mass is 284 g/mol. The largest absolute Gasteiger partial charge is 0.350 e. The lowest BCUT2D eigenvalue weighted by Crippen LogP contribution is -2.26. The van der Waals surface area contributed by atoms with Gasteiger partial charge in [0.05, 0.1) is 6.21 Å². The number of nitrogens with one attached hydrogen (secondary N) is 1. The van der Waals surface area contributed by atoms with Gasteiger partial charge in [-0.15, -0.1) is 0 Å². The molecule has 0 fully saturated rings. The smallest absolute Gasteiger partial charge is 0.332 e. The van der Waals surface area contributed by atoms with Crippen molar-refractivity contribution in [2.45, 2.75) is 19.3 Å². The molecule has 0 saturated carbocycles. The quantitative estimate of drug-likeness (QED) is 0.638. The Kier molecular flexibility index (Phi) is 3.21. The third-order valence-electron chi connectivity index (χ3n) is 3.88. The van der Waals surface area contributed by atoms with Crippen LogP contribution in [-0.2, 0) is 4.79 Å². The highest BCUT2D eigenvalue weighted by atomic mass is 16.2. The lowest BCUT2D eigenvalue weighted by Gasteiger charge is -2.19. The standard InChI is InChI=1S/C15H16N4O2/c1-9(20)19-8-11-6-5-10(7-17-18-15(16)21)12-3-2-4-13(19)14(11)12/h2-5,7,11H,6,8H2,1H3,(H3,16,18,21). The summed E-state index contributed by atoms with van der Waals surface area (Å²) in [6, 6.07) is 5.22. The average molecular weight is 284 g/mol. The van der Waals surface area contributed by atoms with Crippen molar-refractivity contribution in [3.8, 4) is 0 Å². The Bertz CT molecular complexity index is 678. The molecule has 1 aromatic carbocycles. The number of urea groups is 1. The van der Waals surface area contributed by atoms with E-state index in [2.05, 4.69) is 16.6 Å². The van der Waals surface area contributed by atoms with Gasteiger partial charge in [0.1, 0.15) is 0 Å². The van der Waals surface area contributed by atoms with E-state index in [1.54, 1.807) is 13.1 Å². The summed E-state index contributed by atoms with van der Waals surface area (Å²) in [5, 5.41) is 3.82. The van der Waals surface area contributed by atoms with Gasteiger partial charge in [-0.2, -0.15) is 5.10 Å². The Morgan fingerprint density at radius 1 is 1.48 bits per heavy atom. The first-order valence-electron chi connectivity index (χ1n) is 6.78. The zero-order valence-corrected chi connectivity index (χ0v) is 11.7. The van der Waals surface area contributed by atoms with Crippen LogP contribution in [0.15, 0.2) is 29.4 Å². The average Bonchev–Trinajstić information content (AvgIpc) is 2.82. The molecule has 0 spiro atoms. The molecule has 1 atom stereocenters. The Labute approximate surface area is 122 Å². The first-order valence-corrected chi connectivity index (χ1v) is 6.78. The molecule has 108 valence electrons. The van der Waals surface area contributed by atoms with Crippen LogP contribution in [0.4, 0.5) is 10.5 Å². The third-order valence-corrected chi connectivity index (χ3v) is 3.88. The van der Waals surface area contributed by atoms with E-state index in [1.165, 1.54) is 5.56 Å². The van der Waals surface area contributed by atoms with E-state index in [1.807, 2.05) is 23.1 Å². The lowest BCUT2D eigenvalue weighted by atomic mass is 9.84. The van der Waals surface area contributed by atoms with Gasteiger partial charge in [-0.1, -0.05) is 18.2 Å². The minimum Gasteiger partial charge on any atom is -0.350 e. The second-order valence-electron chi connectivity index (χ2n) is 5.19. The number of primary amides is 1. The van der Waals surface area contributed by atoms with Crippen LogP contribution in [0.25, 0.3) is 5.57 Å². The molecule has 1 aliphatic carbocycles. The molecule has 0 radical (unpaired) electrons. The van der Waals surface area contributed by atoms with E-state index in [-0.39, 0.29) is 5.91 Å². The second-order valence-corrected chi connectivity index (χ2v) is 5.19. The summed E-state index contributed by atoms with van der Waals surface area (Å²) in [6.45, 7) is 2.31. The molecule has 1 aliphatic heterocycles. The van der Waals surface area contributed by atoms with Crippen molar-refractivity contribution in [2.75, 3.05) is 11.4 Å². The number of carbonyl (C=O) groups excluding carboxylic acids is 2. The summed E-state index contributed by atoms with van der Waals surface area (Å²) in [5.41, 5.74) is 11.3. The molecule has 21 heavy (non-hydrogen) atoms. The first-order chi connectivity index (χ1) is 10.1. The minimum atomic E-state index is -0.693. The van der Waals surface area contributed by atoms with Crippen LogP contribution in [0.5, 0.6) is 0 Å². The molecule has 1 aromatic rings. The minimum absolute atomic E-state index is 0.0587. The fraction of sp³-hybridized carbons (Fsp3) is 0.267. The molecule has 0 saturated heterocycles. The van der Waals surface area contributed by atoms with Crippen LogP contribution >= 0.6 is 0 Å². The topological polar surface area (TPSA) is 87.8 Å². The number of hydrazone groups is 1. The summed E-state index contributed by atoms with van der Waals surface area (Å²) in [6.07, 6.45) is 4.52. The molecule has 3 rings (SSSR count). The molecule has 2 aliphatic rings. The molecule has 1 unspecified atom stereocenters. The lowest BCUT2D eigenvalue weighted by molar-refractivity contribution is -0.116. The molecule has 6 heteroatoms. The Morgan fingerprint density at radius 2 is 2.29 bits per heavy atom. The molecular weight excluding hydrogens is 268 g/mol. The van der Waals surface area contributed by atoms with E-state index in [4.69, 9.17) is 5.73 Å².